The number of aromatic nitrogens is 3. The van der Waals surface area contributed by atoms with Crippen molar-refractivity contribution in [2.45, 2.75) is 168 Å². The van der Waals surface area contributed by atoms with Crippen molar-refractivity contribution in [2.75, 3.05) is 82.9 Å². The molecule has 0 radical (unpaired) electrons. The number of rotatable bonds is 13. The molecule has 1 saturated carbocycles. The Hall–Kier alpha value is -6.12. The Balaban J connectivity index is 0.867. The zero-order valence-electron chi connectivity index (χ0n) is 51.5. The number of hydrazine groups is 1. The first kappa shape index (κ1) is 59.6. The smallest absolute Gasteiger partial charge is 0.410 e. The molecule has 18 nitrogen and oxygen atoms in total. The summed E-state index contributed by atoms with van der Waals surface area (Å²) in [5.74, 6) is -1.11. The molecule has 1 aliphatic carbocycles. The van der Waals surface area contributed by atoms with Crippen molar-refractivity contribution < 1.29 is 33.4 Å². The number of methoxy groups -OCH3 is 1. The summed E-state index contributed by atoms with van der Waals surface area (Å²) in [6, 6.07) is 15.8. The molecule has 5 aliphatic heterocycles. The third kappa shape index (κ3) is 12.4. The molecular weight excluding hydrogens is 1080 g/mol. The number of cyclic esters (lactones) is 1. The third-order valence-electron chi connectivity index (χ3n) is 18.3. The van der Waals surface area contributed by atoms with Gasteiger partial charge in [-0.1, -0.05) is 45.9 Å². The van der Waals surface area contributed by atoms with Crippen LogP contribution in [-0.2, 0) is 54.5 Å². The highest BCUT2D eigenvalue weighted by Gasteiger charge is 2.53. The minimum Gasteiger partial charge on any atom is -0.464 e. The van der Waals surface area contributed by atoms with Gasteiger partial charge in [-0.05, 0) is 134 Å². The molecule has 0 unspecified atom stereocenters. The van der Waals surface area contributed by atoms with Crippen molar-refractivity contribution in [3.05, 3.63) is 81.9 Å². The first-order valence-electron chi connectivity index (χ1n) is 30.8. The van der Waals surface area contributed by atoms with Crippen LogP contribution in [0.2, 0.25) is 0 Å². The highest BCUT2D eigenvalue weighted by molar-refractivity contribution is 7.10. The van der Waals surface area contributed by atoms with Crippen molar-refractivity contribution >= 4 is 57.5 Å². The largest absolute Gasteiger partial charge is 0.464 e. The van der Waals surface area contributed by atoms with Gasteiger partial charge in [-0.2, -0.15) is 0 Å². The number of ether oxygens (including phenoxy) is 3. The number of likely N-dealkylation sites (tertiary alicyclic amines) is 1. The maximum absolute atomic E-state index is 14.9. The van der Waals surface area contributed by atoms with Gasteiger partial charge in [-0.15, -0.1) is 11.3 Å². The molecule has 2 aromatic carbocycles. The second-order valence-electron chi connectivity index (χ2n) is 26.8. The molecule has 3 aromatic heterocycles. The van der Waals surface area contributed by atoms with Gasteiger partial charge in [0.1, 0.15) is 17.7 Å². The van der Waals surface area contributed by atoms with Gasteiger partial charge >= 0.3 is 12.1 Å². The number of nitrogens with zero attached hydrogens (tertiary/aromatic N) is 9. The van der Waals surface area contributed by atoms with Crippen LogP contribution >= 0.6 is 11.3 Å². The normalized spacial score (nSPS) is 22.1. The van der Waals surface area contributed by atoms with Gasteiger partial charge < -0.3 is 33.9 Å². The van der Waals surface area contributed by atoms with Crippen molar-refractivity contribution in [2.24, 2.45) is 11.3 Å². The van der Waals surface area contributed by atoms with E-state index >= 15 is 0 Å². The molecule has 19 heteroatoms. The molecule has 1 spiro atoms. The van der Waals surface area contributed by atoms with Crippen LogP contribution in [0, 0.1) is 11.3 Å². The van der Waals surface area contributed by atoms with E-state index in [-0.39, 0.29) is 48.5 Å². The number of nitrogens with one attached hydrogen (secondary N) is 2. The summed E-state index contributed by atoms with van der Waals surface area (Å²) < 4.78 is 20.5. The van der Waals surface area contributed by atoms with Crippen LogP contribution in [0.25, 0.3) is 33.4 Å². The van der Waals surface area contributed by atoms with Crippen molar-refractivity contribution in [1.29, 1.82) is 0 Å². The van der Waals surface area contributed by atoms with E-state index in [1.807, 2.05) is 52.8 Å². The number of anilines is 2. The van der Waals surface area contributed by atoms with Crippen LogP contribution in [-0.4, -0.2) is 167 Å². The van der Waals surface area contributed by atoms with Crippen molar-refractivity contribution in [3.63, 3.8) is 0 Å². The number of carbonyl (C=O) groups excluding carboxylic acids is 4. The zero-order valence-corrected chi connectivity index (χ0v) is 52.3. The van der Waals surface area contributed by atoms with Gasteiger partial charge in [-0.3, -0.25) is 39.1 Å². The number of aryl methyl sites for hydroxylation is 1. The van der Waals surface area contributed by atoms with Crippen LogP contribution in [0.15, 0.2) is 60.1 Å². The second-order valence-corrected chi connectivity index (χ2v) is 27.7. The molecular formula is C65H89N11O7S. The Morgan fingerprint density at radius 1 is 0.940 bits per heavy atom. The highest BCUT2D eigenvalue weighted by Crippen LogP contribution is 2.44. The minimum atomic E-state index is -0.984. The molecule has 84 heavy (non-hydrogen) atoms. The summed E-state index contributed by atoms with van der Waals surface area (Å²) in [6.45, 7) is 26.3. The predicted octanol–water partition coefficient (Wildman–Crippen LogP) is 9.23. The van der Waals surface area contributed by atoms with E-state index in [0.29, 0.717) is 50.4 Å². The number of piperazine rings is 1. The average Bonchev–Trinajstić information content (AvgIpc) is 1.83. The first-order valence-corrected chi connectivity index (χ1v) is 31.7. The van der Waals surface area contributed by atoms with Gasteiger partial charge in [-0.25, -0.2) is 15.2 Å². The topological polar surface area (TPSA) is 170 Å². The minimum absolute atomic E-state index is 0.103. The fourth-order valence-electron chi connectivity index (χ4n) is 13.7. The van der Waals surface area contributed by atoms with Gasteiger partial charge in [0.25, 0.3) is 5.91 Å². The Bertz CT molecular complexity index is 3220. The molecule has 6 bridgehead atoms. The molecule has 5 fully saturated rings. The van der Waals surface area contributed by atoms with Gasteiger partial charge in [0, 0.05) is 124 Å². The van der Waals surface area contributed by atoms with E-state index in [1.165, 1.54) is 29.2 Å². The Kier molecular flexibility index (Phi) is 17.0. The number of hydrogen-bond donors (Lipinski definition) is 2. The molecule has 2 N–H and O–H groups in total. The number of likely N-dealkylation sites (N-methyl/N-ethyl adjacent to an activating group) is 1. The second kappa shape index (κ2) is 24.0. The maximum Gasteiger partial charge on any atom is 0.410 e. The molecule has 8 heterocycles. The average molecular weight is 1170 g/mol. The third-order valence-corrected chi connectivity index (χ3v) is 19.1. The van der Waals surface area contributed by atoms with Crippen LogP contribution in [0.3, 0.4) is 0 Å². The predicted molar refractivity (Wildman–Crippen MR) is 330 cm³/mol. The van der Waals surface area contributed by atoms with Crippen LogP contribution in [0.1, 0.15) is 129 Å². The zero-order chi connectivity index (χ0) is 59.4. The van der Waals surface area contributed by atoms with E-state index in [1.54, 1.807) is 7.11 Å². The molecule has 452 valence electrons. The van der Waals surface area contributed by atoms with Gasteiger partial charge in [0.05, 0.1) is 58.3 Å². The standard InChI is InChI=1S/C65H89N11O7S/c1-12-74-54-23-18-44-31-48(54)50(58(74)49-32-47(35-66-56(49)42(4)81-11)72-29-27-71(28-30-72)45-21-22-45)34-64(8,9)40-82-61(79)51-15-13-26-76(69-51)60(78)52(33-55-67-53(44)37-84-55)68-59(77)57(41(2)3)70(10)36-43-16-19-46(20-17-43)73-38-65(39-73)24-14-25-75(65)62(80)83-63(5,6)7/h16-20,23,31-32,35,37,41-42,45,51-52,57,69H,12-15,21-22,24-30,33-34,36,38-40H2,1-11H3,(H,68,77)/t42-,51-,52-,57-/m0/s1. The number of thiazole rings is 1. The lowest BCUT2D eigenvalue weighted by atomic mass is 9.84. The summed E-state index contributed by atoms with van der Waals surface area (Å²) in [5, 5.41) is 8.58. The van der Waals surface area contributed by atoms with Crippen molar-refractivity contribution in [1.82, 2.24) is 45.0 Å². The Labute approximate surface area is 500 Å². The van der Waals surface area contributed by atoms with E-state index in [2.05, 4.69) is 117 Å². The number of esters is 1. The maximum atomic E-state index is 14.9. The number of amides is 3. The summed E-state index contributed by atoms with van der Waals surface area (Å²) >= 11 is 1.48. The Morgan fingerprint density at radius 2 is 1.69 bits per heavy atom. The summed E-state index contributed by atoms with van der Waals surface area (Å²) in [5.41, 5.74) is 12.2. The molecule has 4 saturated heterocycles. The number of hydrogen-bond acceptors (Lipinski definition) is 15. The molecule has 6 aliphatic rings. The molecule has 11 rings (SSSR count). The van der Waals surface area contributed by atoms with Gasteiger partial charge in [0.15, 0.2) is 0 Å². The van der Waals surface area contributed by atoms with Gasteiger partial charge in [0.2, 0.25) is 5.91 Å². The first-order chi connectivity index (χ1) is 40.1. The molecule has 3 amide bonds. The Morgan fingerprint density at radius 3 is 2.38 bits per heavy atom. The van der Waals surface area contributed by atoms with Crippen LogP contribution in [0.4, 0.5) is 16.2 Å². The molecule has 5 aromatic rings. The fourth-order valence-corrected chi connectivity index (χ4v) is 14.6. The monoisotopic (exact) mass is 1170 g/mol. The summed E-state index contributed by atoms with van der Waals surface area (Å²) in [4.78, 5) is 79.0. The number of pyridine rings is 1. The SMILES string of the molecule is CCn1c(-c2cc(N3CCN(C4CC4)CC3)cnc2[C@H](C)OC)c2c3cc(ccc31)-c1csc(n1)C[C@H](NC(=O)[C@H](C(C)C)N(C)Cc1ccc(N3CC4(CCCN4C(=O)OC(C)(C)C)C3)cc1)C(=O)N1CCC[C@H](N1)C(=O)OCC(C)(C)C2. The van der Waals surface area contributed by atoms with Crippen LogP contribution < -0.4 is 20.5 Å². The van der Waals surface area contributed by atoms with Crippen LogP contribution in [0.5, 0.6) is 0 Å². The molecule has 4 atom stereocenters. The van der Waals surface area contributed by atoms with E-state index in [4.69, 9.17) is 24.2 Å². The quantitative estimate of drug-likeness (QED) is 0.107. The van der Waals surface area contributed by atoms with E-state index in [9.17, 15) is 19.2 Å². The highest BCUT2D eigenvalue weighted by atomic mass is 32.1. The number of benzene rings is 2. The number of fused-ring (bicyclic) bond motifs is 6. The fraction of sp³-hybridized carbons (Fsp3) is 0.600. The summed E-state index contributed by atoms with van der Waals surface area (Å²) in [7, 11) is 3.69. The lowest BCUT2D eigenvalue weighted by Crippen LogP contribution is -2.69. The lowest BCUT2D eigenvalue weighted by Gasteiger charge is -2.53. The lowest BCUT2D eigenvalue weighted by molar-refractivity contribution is -0.155. The van der Waals surface area contributed by atoms with E-state index in [0.717, 1.165) is 120 Å². The number of carbonyl (C=O) groups is 4. The summed E-state index contributed by atoms with van der Waals surface area (Å²) in [6.07, 6.45) is 7.86. The van der Waals surface area contributed by atoms with E-state index < -0.39 is 35.1 Å². The van der Waals surface area contributed by atoms with Crippen molar-refractivity contribution in [3.8, 4) is 22.5 Å².